The molecule has 0 aliphatic carbocycles. The molecule has 0 heterocycles. The number of rotatable bonds is 13. The molecule has 0 saturated carbocycles. The average molecular weight is 681 g/mol. The van der Waals surface area contributed by atoms with Gasteiger partial charge < -0.3 is 10.2 Å². The minimum Gasteiger partial charge on any atom is -0.352 e. The van der Waals surface area contributed by atoms with Gasteiger partial charge in [-0.15, -0.1) is 0 Å². The average Bonchev–Trinajstić information content (AvgIpc) is 3.04. The molecule has 0 radical (unpaired) electrons. The normalized spacial score (nSPS) is 12.7. The van der Waals surface area contributed by atoms with Crippen molar-refractivity contribution in [1.82, 2.24) is 10.2 Å². The lowest BCUT2D eigenvalue weighted by Gasteiger charge is -2.34. The number of sulfonamides is 1. The molecule has 0 bridgehead atoms. The maximum Gasteiger partial charge on any atom is 0.264 e. The van der Waals surface area contributed by atoms with Gasteiger partial charge in [-0.1, -0.05) is 78.7 Å². The van der Waals surface area contributed by atoms with Crippen LogP contribution in [0.5, 0.6) is 0 Å². The molecule has 2 atom stereocenters. The molecule has 4 aromatic carbocycles. The summed E-state index contributed by atoms with van der Waals surface area (Å²) in [6.07, 6.45) is 0.935. The molecular formula is C36H39Cl2N3O4S. The Morgan fingerprint density at radius 2 is 1.41 bits per heavy atom. The molecule has 1 N–H and O–H groups in total. The molecule has 4 aromatic rings. The van der Waals surface area contributed by atoms with E-state index in [4.69, 9.17) is 23.2 Å². The van der Waals surface area contributed by atoms with Gasteiger partial charge >= 0.3 is 0 Å². The van der Waals surface area contributed by atoms with Crippen LogP contribution in [0, 0.1) is 13.8 Å². The van der Waals surface area contributed by atoms with E-state index in [0.29, 0.717) is 22.2 Å². The fourth-order valence-corrected chi connectivity index (χ4v) is 6.58. The van der Waals surface area contributed by atoms with Gasteiger partial charge in [-0.25, -0.2) is 8.42 Å². The van der Waals surface area contributed by atoms with Gasteiger partial charge in [0.25, 0.3) is 10.0 Å². The van der Waals surface area contributed by atoms with Gasteiger partial charge in [0.1, 0.15) is 12.6 Å². The van der Waals surface area contributed by atoms with Gasteiger partial charge in [-0.05, 0) is 98.0 Å². The molecular weight excluding hydrogens is 641 g/mol. The number of nitrogens with one attached hydrogen (secondary N) is 1. The van der Waals surface area contributed by atoms with Crippen LogP contribution in [-0.2, 0) is 32.6 Å². The highest BCUT2D eigenvalue weighted by molar-refractivity contribution is 7.92. The molecule has 10 heteroatoms. The van der Waals surface area contributed by atoms with E-state index in [1.807, 2.05) is 64.1 Å². The first-order valence-electron chi connectivity index (χ1n) is 15.1. The zero-order valence-electron chi connectivity index (χ0n) is 26.4. The van der Waals surface area contributed by atoms with E-state index < -0.39 is 28.5 Å². The summed E-state index contributed by atoms with van der Waals surface area (Å²) in [6, 6.07) is 26.5. The summed E-state index contributed by atoms with van der Waals surface area (Å²) in [5, 5.41) is 3.96. The molecule has 0 aromatic heterocycles. The highest BCUT2D eigenvalue weighted by Crippen LogP contribution is 2.28. The summed E-state index contributed by atoms with van der Waals surface area (Å²) in [7, 11) is -4.23. The molecule has 0 aliphatic heterocycles. The minimum atomic E-state index is -4.23. The van der Waals surface area contributed by atoms with Crippen LogP contribution in [0.3, 0.4) is 0 Å². The fraction of sp³-hybridized carbons (Fsp3) is 0.278. The van der Waals surface area contributed by atoms with Gasteiger partial charge in [0.05, 0.1) is 10.6 Å². The number of hydrogen-bond donors (Lipinski definition) is 1. The van der Waals surface area contributed by atoms with E-state index in [1.54, 1.807) is 36.4 Å². The van der Waals surface area contributed by atoms with E-state index in [2.05, 4.69) is 5.32 Å². The Labute approximate surface area is 282 Å². The van der Waals surface area contributed by atoms with E-state index in [1.165, 1.54) is 29.2 Å². The molecule has 0 spiro atoms. The number of carbonyl (C=O) groups is 2. The van der Waals surface area contributed by atoms with Crippen LogP contribution in [0.25, 0.3) is 0 Å². The smallest absolute Gasteiger partial charge is 0.264 e. The number of nitrogens with zero attached hydrogens (tertiary/aromatic N) is 2. The Bertz CT molecular complexity index is 1750. The molecule has 2 amide bonds. The van der Waals surface area contributed by atoms with Crippen LogP contribution >= 0.6 is 23.2 Å². The third-order valence-corrected chi connectivity index (χ3v) is 10.3. The standard InChI is InChI=1S/C36H39Cl2N3O4S/c1-5-27(4)39-36(43)34(22-28-9-7-6-8-10-28)40(23-29-12-14-30(37)15-13-29)35(42)24-41(32-18-11-25(2)26(3)21-32)46(44,45)33-19-16-31(38)17-20-33/h6-21,27,34H,5,22-24H2,1-4H3,(H,39,43)/t27-,34+/m0/s1. The number of anilines is 1. The quantitative estimate of drug-likeness (QED) is 0.160. The van der Waals surface area contributed by atoms with Crippen molar-refractivity contribution in [3.63, 3.8) is 0 Å². The second-order valence-electron chi connectivity index (χ2n) is 11.4. The van der Waals surface area contributed by atoms with Crippen LogP contribution in [0.4, 0.5) is 5.69 Å². The van der Waals surface area contributed by atoms with Crippen molar-refractivity contribution >= 4 is 50.7 Å². The van der Waals surface area contributed by atoms with Gasteiger partial charge in [0, 0.05) is 29.1 Å². The first-order chi connectivity index (χ1) is 21.9. The highest BCUT2D eigenvalue weighted by atomic mass is 35.5. The van der Waals surface area contributed by atoms with E-state index in [0.717, 1.165) is 26.6 Å². The molecule has 4 rings (SSSR count). The number of amides is 2. The predicted octanol–water partition coefficient (Wildman–Crippen LogP) is 7.36. The molecule has 7 nitrogen and oxygen atoms in total. The van der Waals surface area contributed by atoms with E-state index in [-0.39, 0.29) is 29.8 Å². The fourth-order valence-electron chi connectivity index (χ4n) is 4.92. The maximum atomic E-state index is 14.6. The Balaban J connectivity index is 1.82. The van der Waals surface area contributed by atoms with Crippen molar-refractivity contribution in [2.75, 3.05) is 10.8 Å². The zero-order chi connectivity index (χ0) is 33.4. The molecule has 0 aliphatic rings. The molecule has 0 saturated heterocycles. The number of hydrogen-bond acceptors (Lipinski definition) is 4. The van der Waals surface area contributed by atoms with E-state index >= 15 is 0 Å². The van der Waals surface area contributed by atoms with Gasteiger partial charge in [0.15, 0.2) is 0 Å². The lowest BCUT2D eigenvalue weighted by molar-refractivity contribution is -0.140. The van der Waals surface area contributed by atoms with Crippen molar-refractivity contribution in [3.05, 3.63) is 129 Å². The third-order valence-electron chi connectivity index (χ3n) is 8.00. The number of halogens is 2. The molecule has 242 valence electrons. The lowest BCUT2D eigenvalue weighted by atomic mass is 10.0. The van der Waals surface area contributed by atoms with Crippen molar-refractivity contribution in [2.45, 2.75) is 64.1 Å². The first-order valence-corrected chi connectivity index (χ1v) is 17.3. The van der Waals surface area contributed by atoms with Crippen molar-refractivity contribution in [3.8, 4) is 0 Å². The summed E-state index contributed by atoms with van der Waals surface area (Å²) in [6.45, 7) is 7.21. The Morgan fingerprint density at radius 1 is 0.804 bits per heavy atom. The van der Waals surface area contributed by atoms with Crippen molar-refractivity contribution < 1.29 is 18.0 Å². The molecule has 46 heavy (non-hydrogen) atoms. The SMILES string of the molecule is CC[C@H](C)NC(=O)[C@@H](Cc1ccccc1)N(Cc1ccc(Cl)cc1)C(=O)CN(c1ccc(C)c(C)c1)S(=O)(=O)c1ccc(Cl)cc1. The molecule has 0 unspecified atom stereocenters. The van der Waals surface area contributed by atoms with E-state index in [9.17, 15) is 18.0 Å². The van der Waals surface area contributed by atoms with Crippen LogP contribution in [0.15, 0.2) is 102 Å². The van der Waals surface area contributed by atoms with Gasteiger partial charge in [-0.3, -0.25) is 13.9 Å². The van der Waals surface area contributed by atoms with Crippen LogP contribution in [0.2, 0.25) is 10.0 Å². The zero-order valence-corrected chi connectivity index (χ0v) is 28.7. The summed E-state index contributed by atoms with van der Waals surface area (Å²) in [5.41, 5.74) is 3.79. The van der Waals surface area contributed by atoms with Crippen molar-refractivity contribution in [2.24, 2.45) is 0 Å². The van der Waals surface area contributed by atoms with Crippen LogP contribution in [-0.4, -0.2) is 43.8 Å². The summed E-state index contributed by atoms with van der Waals surface area (Å²) >= 11 is 12.2. The van der Waals surface area contributed by atoms with Crippen LogP contribution in [0.1, 0.15) is 42.5 Å². The third kappa shape index (κ3) is 8.90. The highest BCUT2D eigenvalue weighted by Gasteiger charge is 2.35. The lowest BCUT2D eigenvalue weighted by Crippen LogP contribution is -2.54. The molecule has 0 fully saturated rings. The second-order valence-corrected chi connectivity index (χ2v) is 14.1. The van der Waals surface area contributed by atoms with Gasteiger partial charge in [-0.2, -0.15) is 0 Å². The Hall–Kier alpha value is -3.85. The maximum absolute atomic E-state index is 14.6. The summed E-state index contributed by atoms with van der Waals surface area (Å²) < 4.78 is 29.5. The topological polar surface area (TPSA) is 86.8 Å². The first kappa shape index (κ1) is 35.0. The monoisotopic (exact) mass is 679 g/mol. The second kappa shape index (κ2) is 15.6. The summed E-state index contributed by atoms with van der Waals surface area (Å²) in [4.78, 5) is 30.0. The van der Waals surface area contributed by atoms with Crippen molar-refractivity contribution in [1.29, 1.82) is 0 Å². The summed E-state index contributed by atoms with van der Waals surface area (Å²) in [5.74, 6) is -0.857. The largest absolute Gasteiger partial charge is 0.352 e. The van der Waals surface area contributed by atoms with Crippen LogP contribution < -0.4 is 9.62 Å². The predicted molar refractivity (Wildman–Crippen MR) is 186 cm³/mol. The number of carbonyl (C=O) groups excluding carboxylic acids is 2. The Kier molecular flexibility index (Phi) is 11.9. The minimum absolute atomic E-state index is 0.0115. The number of aryl methyl sites for hydroxylation is 2. The Morgan fingerprint density at radius 3 is 2.00 bits per heavy atom. The number of benzene rings is 4. The van der Waals surface area contributed by atoms with Gasteiger partial charge in [0.2, 0.25) is 11.8 Å².